The second-order valence-electron chi connectivity index (χ2n) is 4.66. The first-order valence-corrected chi connectivity index (χ1v) is 7.91. The highest BCUT2D eigenvalue weighted by molar-refractivity contribution is 7.98. The SMILES string of the molecule is Cc1cc(N)nc(SCc2coc(-c3cccc(Cl)c3)n2)n1. The van der Waals surface area contributed by atoms with E-state index in [-0.39, 0.29) is 0 Å². The largest absolute Gasteiger partial charge is 0.444 e. The molecule has 22 heavy (non-hydrogen) atoms. The van der Waals surface area contributed by atoms with Crippen LogP contribution in [0.1, 0.15) is 11.4 Å². The number of hydrogen-bond acceptors (Lipinski definition) is 6. The molecular formula is C15H13ClN4OS. The molecule has 0 saturated heterocycles. The van der Waals surface area contributed by atoms with Gasteiger partial charge in [-0.3, -0.25) is 0 Å². The Labute approximate surface area is 136 Å². The van der Waals surface area contributed by atoms with Gasteiger partial charge in [0.2, 0.25) is 5.89 Å². The van der Waals surface area contributed by atoms with Crippen molar-refractivity contribution < 1.29 is 4.42 Å². The van der Waals surface area contributed by atoms with Crippen molar-refractivity contribution >= 4 is 29.2 Å². The molecule has 0 unspecified atom stereocenters. The third kappa shape index (κ3) is 3.58. The minimum atomic E-state index is 0.467. The summed E-state index contributed by atoms with van der Waals surface area (Å²) in [4.78, 5) is 12.9. The quantitative estimate of drug-likeness (QED) is 0.575. The lowest BCUT2D eigenvalue weighted by Gasteiger charge is -2.00. The first-order valence-electron chi connectivity index (χ1n) is 6.54. The van der Waals surface area contributed by atoms with Crippen LogP contribution in [0, 0.1) is 6.92 Å². The molecule has 0 saturated carbocycles. The first kappa shape index (κ1) is 14.9. The summed E-state index contributed by atoms with van der Waals surface area (Å²) in [5.74, 6) is 1.62. The van der Waals surface area contributed by atoms with Crippen LogP contribution in [0.4, 0.5) is 5.82 Å². The Morgan fingerprint density at radius 2 is 2.09 bits per heavy atom. The average molecular weight is 333 g/mol. The van der Waals surface area contributed by atoms with Crippen LogP contribution < -0.4 is 5.73 Å². The number of aromatic nitrogens is 3. The molecule has 7 heteroatoms. The summed E-state index contributed by atoms with van der Waals surface area (Å²) in [5.41, 5.74) is 8.21. The molecule has 3 aromatic rings. The Hall–Kier alpha value is -2.05. The Morgan fingerprint density at radius 3 is 2.86 bits per heavy atom. The summed E-state index contributed by atoms with van der Waals surface area (Å²) < 4.78 is 5.49. The summed E-state index contributed by atoms with van der Waals surface area (Å²) in [6, 6.07) is 9.12. The van der Waals surface area contributed by atoms with Gasteiger partial charge in [0.15, 0.2) is 5.16 Å². The molecule has 1 aromatic carbocycles. The zero-order chi connectivity index (χ0) is 15.5. The van der Waals surface area contributed by atoms with Gasteiger partial charge in [-0.1, -0.05) is 29.4 Å². The molecule has 0 atom stereocenters. The fraction of sp³-hybridized carbons (Fsp3) is 0.133. The number of hydrogen-bond donors (Lipinski definition) is 1. The van der Waals surface area contributed by atoms with Crippen LogP contribution in [0.3, 0.4) is 0 Å². The van der Waals surface area contributed by atoms with Crippen LogP contribution in [0.5, 0.6) is 0 Å². The van der Waals surface area contributed by atoms with Gasteiger partial charge >= 0.3 is 0 Å². The molecule has 0 aliphatic carbocycles. The Bertz CT molecular complexity index is 785. The first-order chi connectivity index (χ1) is 10.6. The maximum atomic E-state index is 5.97. The fourth-order valence-electron chi connectivity index (χ4n) is 1.90. The summed E-state index contributed by atoms with van der Waals surface area (Å²) in [6.07, 6.45) is 1.63. The van der Waals surface area contributed by atoms with Gasteiger partial charge in [-0.15, -0.1) is 0 Å². The second-order valence-corrected chi connectivity index (χ2v) is 6.04. The van der Waals surface area contributed by atoms with Gasteiger partial charge in [0.1, 0.15) is 12.1 Å². The van der Waals surface area contributed by atoms with Gasteiger partial charge in [0.25, 0.3) is 0 Å². The number of benzene rings is 1. The third-order valence-electron chi connectivity index (χ3n) is 2.83. The van der Waals surface area contributed by atoms with Crippen molar-refractivity contribution in [1.82, 2.24) is 15.0 Å². The van der Waals surface area contributed by atoms with E-state index in [0.717, 1.165) is 17.0 Å². The molecule has 2 N–H and O–H groups in total. The predicted molar refractivity (Wildman–Crippen MR) is 87.7 cm³/mol. The molecule has 0 aliphatic rings. The normalized spacial score (nSPS) is 10.8. The van der Waals surface area contributed by atoms with E-state index in [1.54, 1.807) is 12.3 Å². The van der Waals surface area contributed by atoms with Crippen LogP contribution in [0.15, 0.2) is 46.2 Å². The highest BCUT2D eigenvalue weighted by atomic mass is 35.5. The standard InChI is InChI=1S/C15H13ClN4OS/c1-9-5-13(17)20-15(18-9)22-8-12-7-21-14(19-12)10-3-2-4-11(16)6-10/h2-7H,8H2,1H3,(H2,17,18,20). The van der Waals surface area contributed by atoms with Gasteiger partial charge in [-0.25, -0.2) is 15.0 Å². The van der Waals surface area contributed by atoms with Gasteiger partial charge in [0.05, 0.1) is 5.69 Å². The van der Waals surface area contributed by atoms with E-state index < -0.39 is 0 Å². The van der Waals surface area contributed by atoms with Crippen molar-refractivity contribution in [2.45, 2.75) is 17.8 Å². The summed E-state index contributed by atoms with van der Waals surface area (Å²) in [6.45, 7) is 1.88. The van der Waals surface area contributed by atoms with Crippen LogP contribution in [-0.4, -0.2) is 15.0 Å². The average Bonchev–Trinajstić information content (AvgIpc) is 2.93. The number of aryl methyl sites for hydroxylation is 1. The lowest BCUT2D eigenvalue weighted by molar-refractivity contribution is 0.573. The highest BCUT2D eigenvalue weighted by Gasteiger charge is 2.09. The molecule has 0 radical (unpaired) electrons. The number of nitrogen functional groups attached to an aromatic ring is 1. The molecular weight excluding hydrogens is 320 g/mol. The van der Waals surface area contributed by atoms with Crippen molar-refractivity contribution in [3.8, 4) is 11.5 Å². The number of anilines is 1. The van der Waals surface area contributed by atoms with Crippen molar-refractivity contribution in [2.75, 3.05) is 5.73 Å². The van der Waals surface area contributed by atoms with E-state index in [4.69, 9.17) is 21.8 Å². The Kier molecular flexibility index (Phi) is 4.31. The van der Waals surface area contributed by atoms with E-state index in [1.807, 2.05) is 31.2 Å². The Balaban J connectivity index is 1.72. The van der Waals surface area contributed by atoms with Crippen LogP contribution in [0.25, 0.3) is 11.5 Å². The van der Waals surface area contributed by atoms with Crippen LogP contribution >= 0.6 is 23.4 Å². The maximum Gasteiger partial charge on any atom is 0.226 e. The molecule has 2 aromatic heterocycles. The molecule has 0 spiro atoms. The maximum absolute atomic E-state index is 5.97. The van der Waals surface area contributed by atoms with Crippen molar-refractivity contribution in [3.05, 3.63) is 53.0 Å². The van der Waals surface area contributed by atoms with E-state index in [9.17, 15) is 0 Å². The summed E-state index contributed by atoms with van der Waals surface area (Å²) >= 11 is 7.43. The molecule has 2 heterocycles. The van der Waals surface area contributed by atoms with Crippen molar-refractivity contribution in [3.63, 3.8) is 0 Å². The number of oxazole rings is 1. The topological polar surface area (TPSA) is 77.8 Å². The van der Waals surface area contributed by atoms with Crippen molar-refractivity contribution in [1.29, 1.82) is 0 Å². The molecule has 0 fully saturated rings. The molecule has 112 valence electrons. The second kappa shape index (κ2) is 6.37. The molecule has 0 aliphatic heterocycles. The van der Waals surface area contributed by atoms with E-state index in [0.29, 0.717) is 27.6 Å². The zero-order valence-electron chi connectivity index (χ0n) is 11.8. The number of halogens is 1. The van der Waals surface area contributed by atoms with Gasteiger partial charge in [0, 0.05) is 28.1 Å². The summed E-state index contributed by atoms with van der Waals surface area (Å²) in [7, 11) is 0. The van der Waals surface area contributed by atoms with Gasteiger partial charge in [-0.05, 0) is 25.1 Å². The minimum Gasteiger partial charge on any atom is -0.444 e. The number of nitrogens with two attached hydrogens (primary N) is 1. The highest BCUT2D eigenvalue weighted by Crippen LogP contribution is 2.25. The van der Waals surface area contributed by atoms with Crippen molar-refractivity contribution in [2.24, 2.45) is 0 Å². The minimum absolute atomic E-state index is 0.467. The van der Waals surface area contributed by atoms with Crippen LogP contribution in [0.2, 0.25) is 5.02 Å². The van der Waals surface area contributed by atoms with E-state index >= 15 is 0 Å². The smallest absolute Gasteiger partial charge is 0.226 e. The van der Waals surface area contributed by atoms with Gasteiger partial charge < -0.3 is 10.2 Å². The molecule has 5 nitrogen and oxygen atoms in total. The predicted octanol–water partition coefficient (Wildman–Crippen LogP) is 3.97. The molecule has 3 rings (SSSR count). The zero-order valence-corrected chi connectivity index (χ0v) is 13.4. The number of rotatable bonds is 4. The summed E-state index contributed by atoms with van der Waals surface area (Å²) in [5, 5.41) is 1.28. The molecule has 0 bridgehead atoms. The number of nitrogens with zero attached hydrogens (tertiary/aromatic N) is 3. The molecule has 0 amide bonds. The van der Waals surface area contributed by atoms with E-state index in [1.165, 1.54) is 11.8 Å². The van der Waals surface area contributed by atoms with E-state index in [2.05, 4.69) is 15.0 Å². The van der Waals surface area contributed by atoms with Crippen LogP contribution in [-0.2, 0) is 5.75 Å². The third-order valence-corrected chi connectivity index (χ3v) is 3.94. The monoisotopic (exact) mass is 332 g/mol. The number of thioether (sulfide) groups is 1. The lowest BCUT2D eigenvalue weighted by atomic mass is 10.2. The lowest BCUT2D eigenvalue weighted by Crippen LogP contribution is -1.96. The van der Waals surface area contributed by atoms with Gasteiger partial charge in [-0.2, -0.15) is 0 Å². The Morgan fingerprint density at radius 1 is 1.23 bits per heavy atom. The fourth-order valence-corrected chi connectivity index (χ4v) is 2.87.